The lowest BCUT2D eigenvalue weighted by Crippen LogP contribution is -2.44. The van der Waals surface area contributed by atoms with Crippen LogP contribution in [-0.4, -0.2) is 45.9 Å². The van der Waals surface area contributed by atoms with Gasteiger partial charge in [0.15, 0.2) is 0 Å². The molecule has 0 bridgehead atoms. The molecular formula is C25H36N4. The summed E-state index contributed by atoms with van der Waals surface area (Å²) < 4.78 is 0. The number of aryl methyl sites for hydroxylation is 1. The van der Waals surface area contributed by atoms with E-state index in [1.54, 1.807) is 0 Å². The van der Waals surface area contributed by atoms with Gasteiger partial charge in [-0.1, -0.05) is 45.0 Å². The highest BCUT2D eigenvalue weighted by molar-refractivity contribution is 5.24. The zero-order chi connectivity index (χ0) is 20.3. The van der Waals surface area contributed by atoms with Crippen LogP contribution in [0.4, 0.5) is 0 Å². The van der Waals surface area contributed by atoms with E-state index in [0.29, 0.717) is 11.3 Å². The molecule has 1 unspecified atom stereocenters. The fraction of sp³-hybridized carbons (Fsp3) is 0.600. The van der Waals surface area contributed by atoms with E-state index < -0.39 is 0 Å². The summed E-state index contributed by atoms with van der Waals surface area (Å²) in [5.74, 6) is 1.55. The Labute approximate surface area is 176 Å². The SMILES string of the molecule is CCc1ncc(CN2CCC3(CCCN(Cc4ccc(C(C)C)cc4)C3)C2)cn1. The van der Waals surface area contributed by atoms with Gasteiger partial charge < -0.3 is 0 Å². The average molecular weight is 393 g/mol. The topological polar surface area (TPSA) is 32.3 Å². The molecular weight excluding hydrogens is 356 g/mol. The molecule has 1 aromatic heterocycles. The van der Waals surface area contributed by atoms with E-state index in [1.165, 1.54) is 62.1 Å². The van der Waals surface area contributed by atoms with Crippen molar-refractivity contribution < 1.29 is 0 Å². The molecule has 2 aromatic rings. The first kappa shape index (κ1) is 20.5. The van der Waals surface area contributed by atoms with Crippen molar-refractivity contribution in [2.24, 2.45) is 5.41 Å². The molecule has 0 aliphatic carbocycles. The van der Waals surface area contributed by atoms with E-state index in [9.17, 15) is 0 Å². The third-order valence-electron chi connectivity index (χ3n) is 6.79. The first-order chi connectivity index (χ1) is 14.0. The minimum atomic E-state index is 0.473. The molecule has 4 rings (SSSR count). The Bertz CT molecular complexity index is 783. The summed E-state index contributed by atoms with van der Waals surface area (Å²) in [6.45, 7) is 13.6. The molecule has 2 aliphatic heterocycles. The minimum Gasteiger partial charge on any atom is -0.298 e. The van der Waals surface area contributed by atoms with Crippen LogP contribution in [0, 0.1) is 5.41 Å². The molecule has 1 atom stereocenters. The highest BCUT2D eigenvalue weighted by Gasteiger charge is 2.41. The fourth-order valence-electron chi connectivity index (χ4n) is 5.11. The van der Waals surface area contributed by atoms with E-state index in [0.717, 1.165) is 25.3 Å². The van der Waals surface area contributed by atoms with Crippen LogP contribution in [0.5, 0.6) is 0 Å². The molecule has 4 nitrogen and oxygen atoms in total. The van der Waals surface area contributed by atoms with Crippen LogP contribution >= 0.6 is 0 Å². The van der Waals surface area contributed by atoms with Crippen molar-refractivity contribution in [3.8, 4) is 0 Å². The van der Waals surface area contributed by atoms with E-state index in [4.69, 9.17) is 0 Å². The molecule has 2 fully saturated rings. The molecule has 0 saturated carbocycles. The van der Waals surface area contributed by atoms with Gasteiger partial charge in [0, 0.05) is 50.6 Å². The van der Waals surface area contributed by atoms with Crippen molar-refractivity contribution in [2.45, 2.75) is 65.5 Å². The highest BCUT2D eigenvalue weighted by atomic mass is 15.2. The molecule has 1 aromatic carbocycles. The monoisotopic (exact) mass is 392 g/mol. The van der Waals surface area contributed by atoms with Gasteiger partial charge in [-0.25, -0.2) is 9.97 Å². The van der Waals surface area contributed by atoms with Gasteiger partial charge in [-0.05, 0) is 54.8 Å². The van der Waals surface area contributed by atoms with Crippen LogP contribution in [0.2, 0.25) is 0 Å². The summed E-state index contributed by atoms with van der Waals surface area (Å²) in [4.78, 5) is 14.3. The molecule has 4 heteroatoms. The van der Waals surface area contributed by atoms with Gasteiger partial charge in [0.05, 0.1) is 0 Å². The quantitative estimate of drug-likeness (QED) is 0.716. The largest absolute Gasteiger partial charge is 0.298 e. The summed E-state index contributed by atoms with van der Waals surface area (Å²) in [5.41, 5.74) is 4.61. The second kappa shape index (κ2) is 8.93. The maximum Gasteiger partial charge on any atom is 0.127 e. The summed E-state index contributed by atoms with van der Waals surface area (Å²) in [7, 11) is 0. The second-order valence-electron chi connectivity index (χ2n) is 9.53. The van der Waals surface area contributed by atoms with Gasteiger partial charge in [0.25, 0.3) is 0 Å². The van der Waals surface area contributed by atoms with E-state index in [2.05, 4.69) is 64.8 Å². The van der Waals surface area contributed by atoms with Crippen LogP contribution < -0.4 is 0 Å². The van der Waals surface area contributed by atoms with E-state index in [-0.39, 0.29) is 0 Å². The maximum absolute atomic E-state index is 4.47. The molecule has 0 radical (unpaired) electrons. The fourth-order valence-corrected chi connectivity index (χ4v) is 5.11. The molecule has 2 saturated heterocycles. The van der Waals surface area contributed by atoms with Gasteiger partial charge in [-0.3, -0.25) is 9.80 Å². The van der Waals surface area contributed by atoms with Crippen LogP contribution in [0.1, 0.15) is 68.5 Å². The van der Waals surface area contributed by atoms with Crippen LogP contribution in [0.25, 0.3) is 0 Å². The lowest BCUT2D eigenvalue weighted by Gasteiger charge is -2.40. The van der Waals surface area contributed by atoms with Crippen LogP contribution in [0.3, 0.4) is 0 Å². The average Bonchev–Trinajstić information content (AvgIpc) is 3.10. The Hall–Kier alpha value is -1.78. The Morgan fingerprint density at radius 2 is 1.55 bits per heavy atom. The summed E-state index contributed by atoms with van der Waals surface area (Å²) in [6.07, 6.45) is 8.96. The third-order valence-corrected chi connectivity index (χ3v) is 6.79. The summed E-state index contributed by atoms with van der Waals surface area (Å²) in [5, 5.41) is 0. The van der Waals surface area contributed by atoms with E-state index >= 15 is 0 Å². The van der Waals surface area contributed by atoms with Gasteiger partial charge >= 0.3 is 0 Å². The van der Waals surface area contributed by atoms with Crippen molar-refractivity contribution in [2.75, 3.05) is 26.2 Å². The van der Waals surface area contributed by atoms with Crippen molar-refractivity contribution in [3.05, 3.63) is 59.2 Å². The number of benzene rings is 1. The number of rotatable bonds is 6. The van der Waals surface area contributed by atoms with Gasteiger partial charge in [-0.2, -0.15) is 0 Å². The van der Waals surface area contributed by atoms with E-state index in [1.807, 2.05) is 12.4 Å². The lowest BCUT2D eigenvalue weighted by molar-refractivity contribution is 0.0866. The lowest BCUT2D eigenvalue weighted by atomic mass is 9.79. The standard InChI is InChI=1S/C25H36N4/c1-4-24-26-14-22(15-27-24)17-29-13-11-25(19-29)10-5-12-28(18-25)16-21-6-8-23(9-7-21)20(2)3/h6-9,14-15,20H,4-5,10-13,16-19H2,1-3H3. The van der Waals surface area contributed by atoms with Crippen LogP contribution in [0.15, 0.2) is 36.7 Å². The molecule has 29 heavy (non-hydrogen) atoms. The van der Waals surface area contributed by atoms with Crippen molar-refractivity contribution in [1.82, 2.24) is 19.8 Å². The second-order valence-corrected chi connectivity index (χ2v) is 9.53. The molecule has 0 amide bonds. The zero-order valence-electron chi connectivity index (χ0n) is 18.4. The first-order valence-corrected chi connectivity index (χ1v) is 11.4. The summed E-state index contributed by atoms with van der Waals surface area (Å²) >= 11 is 0. The normalized spacial score (nSPS) is 23.3. The zero-order valence-corrected chi connectivity index (χ0v) is 18.4. The first-order valence-electron chi connectivity index (χ1n) is 11.4. The Balaban J connectivity index is 1.33. The minimum absolute atomic E-state index is 0.473. The van der Waals surface area contributed by atoms with Crippen LogP contribution in [-0.2, 0) is 19.5 Å². The van der Waals surface area contributed by atoms with Gasteiger partial charge in [0.2, 0.25) is 0 Å². The number of hydrogen-bond acceptors (Lipinski definition) is 4. The Morgan fingerprint density at radius 1 is 0.897 bits per heavy atom. The summed E-state index contributed by atoms with van der Waals surface area (Å²) in [6, 6.07) is 9.28. The van der Waals surface area contributed by atoms with Crippen molar-refractivity contribution in [1.29, 1.82) is 0 Å². The number of hydrogen-bond donors (Lipinski definition) is 0. The molecule has 1 spiro atoms. The number of aromatic nitrogens is 2. The maximum atomic E-state index is 4.47. The smallest absolute Gasteiger partial charge is 0.127 e. The molecule has 3 heterocycles. The predicted octanol–water partition coefficient (Wildman–Crippen LogP) is 4.65. The number of piperidine rings is 1. The Kier molecular flexibility index (Phi) is 6.31. The number of likely N-dealkylation sites (tertiary alicyclic amines) is 2. The molecule has 156 valence electrons. The Morgan fingerprint density at radius 3 is 2.21 bits per heavy atom. The van der Waals surface area contributed by atoms with Crippen molar-refractivity contribution >= 4 is 0 Å². The molecule has 0 N–H and O–H groups in total. The van der Waals surface area contributed by atoms with Gasteiger partial charge in [0.1, 0.15) is 5.82 Å². The third kappa shape index (κ3) is 5.04. The van der Waals surface area contributed by atoms with Gasteiger partial charge in [-0.15, -0.1) is 0 Å². The molecule has 2 aliphatic rings. The van der Waals surface area contributed by atoms with Crippen molar-refractivity contribution in [3.63, 3.8) is 0 Å². The number of nitrogens with zero attached hydrogens (tertiary/aromatic N) is 4. The predicted molar refractivity (Wildman–Crippen MR) is 119 cm³/mol. The highest BCUT2D eigenvalue weighted by Crippen LogP contribution is 2.39.